The number of Topliss-reactive ketones (excluding diaryl/α,β-unsaturated/α-hetero) is 1. The first kappa shape index (κ1) is 14.2. The lowest BCUT2D eigenvalue weighted by Gasteiger charge is -2.29. The first-order valence-electron chi connectivity index (χ1n) is 7.31. The number of hydrogen-bond donors (Lipinski definition) is 0. The van der Waals surface area contributed by atoms with Gasteiger partial charge in [0.25, 0.3) is 0 Å². The van der Waals surface area contributed by atoms with E-state index in [2.05, 4.69) is 19.2 Å². The highest BCUT2D eigenvalue weighted by Crippen LogP contribution is 2.42. The van der Waals surface area contributed by atoms with Crippen molar-refractivity contribution in [2.45, 2.75) is 33.9 Å². The Bertz CT molecular complexity index is 743. The van der Waals surface area contributed by atoms with Gasteiger partial charge in [-0.1, -0.05) is 58.1 Å². The molecular weight excluding hydrogens is 276 g/mol. The number of hydrogen-bond acceptors (Lipinski definition) is 2. The number of rotatable bonds is 0. The van der Waals surface area contributed by atoms with Gasteiger partial charge in [-0.05, 0) is 22.2 Å². The van der Waals surface area contributed by atoms with Crippen molar-refractivity contribution in [1.82, 2.24) is 0 Å². The molecule has 3 rings (SSSR count). The second-order valence-electron chi connectivity index (χ2n) is 7.42. The number of ketones is 2. The predicted octanol–water partition coefficient (Wildman–Crippen LogP) is 3.03. The molecule has 0 fully saturated rings. The molecule has 0 bridgehead atoms. The largest absolute Gasteiger partial charge is 0.290 e. The minimum Gasteiger partial charge on any atom is -0.290 e. The lowest BCUT2D eigenvalue weighted by molar-refractivity contribution is -0.115. The molecule has 1 aromatic carbocycles. The Morgan fingerprint density at radius 1 is 1.00 bits per heavy atom. The Labute approximate surface area is 126 Å². The van der Waals surface area contributed by atoms with Crippen LogP contribution in [0.3, 0.4) is 0 Å². The molecule has 0 atom stereocenters. The highest BCUT2D eigenvalue weighted by atomic mass is 28.3. The quantitative estimate of drug-likeness (QED) is 0.545. The number of fused-ring (bicyclic) bond motifs is 2. The zero-order valence-corrected chi connectivity index (χ0v) is 14.2. The van der Waals surface area contributed by atoms with Gasteiger partial charge in [0, 0.05) is 16.3 Å². The maximum atomic E-state index is 13.0. The highest BCUT2D eigenvalue weighted by Gasteiger charge is 2.48. The molecule has 2 nitrogen and oxygen atoms in total. The van der Waals surface area contributed by atoms with Gasteiger partial charge in [0.2, 0.25) is 0 Å². The molecule has 1 aliphatic carbocycles. The molecule has 0 saturated carbocycles. The average molecular weight is 296 g/mol. The van der Waals surface area contributed by atoms with Crippen LogP contribution in [0.2, 0.25) is 13.1 Å². The summed E-state index contributed by atoms with van der Waals surface area (Å²) in [4.78, 5) is 25.7. The molecule has 1 aliphatic heterocycles. The van der Waals surface area contributed by atoms with Crippen LogP contribution in [0, 0.1) is 5.41 Å². The molecule has 0 N–H and O–H groups in total. The van der Waals surface area contributed by atoms with Gasteiger partial charge in [-0.25, -0.2) is 0 Å². The molecule has 0 radical (unpaired) electrons. The maximum Gasteiger partial charge on any atom is 0.186 e. The van der Waals surface area contributed by atoms with Crippen LogP contribution in [0.4, 0.5) is 0 Å². The lowest BCUT2D eigenvalue weighted by atomic mass is 9.79. The summed E-state index contributed by atoms with van der Waals surface area (Å²) < 4.78 is 0. The SMILES string of the molecule is CC(C)(C)C1=CC(=O)C2=C(C1=O)[Si](C)(C)c1ccccc12. The van der Waals surface area contributed by atoms with Crippen LogP contribution in [0.25, 0.3) is 5.57 Å². The third-order valence-electron chi connectivity index (χ3n) is 4.55. The van der Waals surface area contributed by atoms with Crippen molar-refractivity contribution < 1.29 is 9.59 Å². The fourth-order valence-electron chi connectivity index (χ4n) is 3.44. The fraction of sp³-hybridized carbons (Fsp3) is 0.333. The van der Waals surface area contributed by atoms with E-state index in [9.17, 15) is 9.59 Å². The highest BCUT2D eigenvalue weighted by molar-refractivity contribution is 7.03. The van der Waals surface area contributed by atoms with Crippen LogP contribution < -0.4 is 5.19 Å². The van der Waals surface area contributed by atoms with Gasteiger partial charge in [0.05, 0.1) is 0 Å². The van der Waals surface area contributed by atoms with Crippen molar-refractivity contribution in [3.05, 3.63) is 46.7 Å². The van der Waals surface area contributed by atoms with Gasteiger partial charge in [0.1, 0.15) is 8.07 Å². The molecule has 1 aromatic rings. The van der Waals surface area contributed by atoms with E-state index in [1.165, 1.54) is 5.19 Å². The zero-order chi connectivity index (χ0) is 15.6. The smallest absolute Gasteiger partial charge is 0.186 e. The van der Waals surface area contributed by atoms with Gasteiger partial charge in [0.15, 0.2) is 11.6 Å². The molecule has 21 heavy (non-hydrogen) atoms. The van der Waals surface area contributed by atoms with Crippen LogP contribution in [-0.2, 0) is 9.59 Å². The van der Waals surface area contributed by atoms with E-state index in [1.54, 1.807) is 6.08 Å². The predicted molar refractivity (Wildman–Crippen MR) is 88.0 cm³/mol. The van der Waals surface area contributed by atoms with Crippen LogP contribution in [-0.4, -0.2) is 19.6 Å². The second kappa shape index (κ2) is 4.14. The van der Waals surface area contributed by atoms with Crippen molar-refractivity contribution in [3.8, 4) is 0 Å². The summed E-state index contributed by atoms with van der Waals surface area (Å²) in [7, 11) is -2.08. The van der Waals surface area contributed by atoms with Crippen molar-refractivity contribution in [2.24, 2.45) is 5.41 Å². The summed E-state index contributed by atoms with van der Waals surface area (Å²) >= 11 is 0. The standard InChI is InChI=1S/C18H20O2Si/c1-18(2,3)12-10-13(19)15-11-8-6-7-9-14(11)21(4,5)17(15)16(12)20/h6-10H,1-5H3. The first-order valence-corrected chi connectivity index (χ1v) is 10.3. The molecular formula is C18H20O2Si. The van der Waals surface area contributed by atoms with Crippen molar-refractivity contribution in [2.75, 3.05) is 0 Å². The summed E-state index contributed by atoms with van der Waals surface area (Å²) in [5.74, 6) is 0.0880. The second-order valence-corrected chi connectivity index (χ2v) is 11.7. The maximum absolute atomic E-state index is 13.0. The molecule has 108 valence electrons. The zero-order valence-electron chi connectivity index (χ0n) is 13.2. The Hall–Kier alpha value is -1.74. The average Bonchev–Trinajstić information content (AvgIpc) is 2.62. The molecule has 0 amide bonds. The molecule has 0 spiro atoms. The Balaban J connectivity index is 2.27. The topological polar surface area (TPSA) is 34.1 Å². The minimum absolute atomic E-state index is 0.0000463. The van der Waals surface area contributed by atoms with E-state index in [0.29, 0.717) is 11.1 Å². The van der Waals surface area contributed by atoms with Gasteiger partial charge in [-0.2, -0.15) is 0 Å². The third-order valence-corrected chi connectivity index (χ3v) is 8.06. The van der Waals surface area contributed by atoms with E-state index < -0.39 is 8.07 Å². The number of benzene rings is 1. The van der Waals surface area contributed by atoms with Gasteiger partial charge < -0.3 is 0 Å². The van der Waals surface area contributed by atoms with Gasteiger partial charge in [-0.15, -0.1) is 0 Å². The lowest BCUT2D eigenvalue weighted by Crippen LogP contribution is -2.45. The molecule has 2 aliphatic rings. The van der Waals surface area contributed by atoms with E-state index in [0.717, 1.165) is 10.8 Å². The van der Waals surface area contributed by atoms with Crippen molar-refractivity contribution in [3.63, 3.8) is 0 Å². The van der Waals surface area contributed by atoms with Crippen molar-refractivity contribution in [1.29, 1.82) is 0 Å². The van der Waals surface area contributed by atoms with Gasteiger partial charge >= 0.3 is 0 Å². The summed E-state index contributed by atoms with van der Waals surface area (Å²) in [6.45, 7) is 10.3. The van der Waals surface area contributed by atoms with Gasteiger partial charge in [-0.3, -0.25) is 9.59 Å². The molecule has 0 aromatic heterocycles. The summed E-state index contributed by atoms with van der Waals surface area (Å²) in [5, 5.41) is 2.02. The van der Waals surface area contributed by atoms with E-state index in [-0.39, 0.29) is 17.0 Å². The minimum atomic E-state index is -2.08. The van der Waals surface area contributed by atoms with E-state index in [4.69, 9.17) is 0 Å². The van der Waals surface area contributed by atoms with E-state index in [1.807, 2.05) is 39.0 Å². The third kappa shape index (κ3) is 1.84. The van der Waals surface area contributed by atoms with Crippen LogP contribution in [0.15, 0.2) is 41.1 Å². The van der Waals surface area contributed by atoms with Crippen LogP contribution in [0.5, 0.6) is 0 Å². The number of carbonyl (C=O) groups excluding carboxylic acids is 2. The first-order chi connectivity index (χ1) is 9.65. The molecule has 3 heteroatoms. The van der Waals surface area contributed by atoms with Crippen LogP contribution in [0.1, 0.15) is 26.3 Å². The fourth-order valence-corrected chi connectivity index (χ4v) is 6.69. The number of carbonyl (C=O) groups is 2. The summed E-state index contributed by atoms with van der Waals surface area (Å²) in [6.07, 6.45) is 1.56. The van der Waals surface area contributed by atoms with E-state index >= 15 is 0 Å². The van der Waals surface area contributed by atoms with Crippen molar-refractivity contribution >= 4 is 30.4 Å². The monoisotopic (exact) mass is 296 g/mol. The van der Waals surface area contributed by atoms with Crippen LogP contribution >= 0.6 is 0 Å². The Kier molecular flexibility index (Phi) is 2.80. The molecule has 1 heterocycles. The molecule has 0 saturated heterocycles. The number of allylic oxidation sites excluding steroid dienone is 4. The molecule has 0 unspecified atom stereocenters. The Morgan fingerprint density at radius 2 is 1.62 bits per heavy atom. The Morgan fingerprint density at radius 3 is 2.24 bits per heavy atom. The summed E-state index contributed by atoms with van der Waals surface area (Å²) in [5.41, 5.74) is 2.00. The normalized spacial score (nSPS) is 20.3. The summed E-state index contributed by atoms with van der Waals surface area (Å²) in [6, 6.07) is 8.00.